The number of nitro benzene ring substituents is 1. The van der Waals surface area contributed by atoms with Crippen LogP contribution in [0, 0.1) is 15.9 Å². The summed E-state index contributed by atoms with van der Waals surface area (Å²) in [5, 5.41) is 11.3. The fraction of sp³-hybridized carbons (Fsp3) is 0.133. The van der Waals surface area contributed by atoms with Gasteiger partial charge in [0, 0.05) is 11.6 Å². The molecule has 2 rings (SSSR count). The lowest BCUT2D eigenvalue weighted by atomic mass is 10.2. The number of esters is 1. The van der Waals surface area contributed by atoms with E-state index in [-0.39, 0.29) is 28.6 Å². The van der Waals surface area contributed by atoms with Gasteiger partial charge in [-0.05, 0) is 24.3 Å². The fourth-order valence-corrected chi connectivity index (χ4v) is 2.04. The van der Waals surface area contributed by atoms with Crippen LogP contribution in [0.4, 0.5) is 10.1 Å². The molecule has 6 nitrogen and oxygen atoms in total. The van der Waals surface area contributed by atoms with Crippen molar-refractivity contribution in [2.75, 3.05) is 7.11 Å². The number of hydrogen-bond acceptors (Lipinski definition) is 5. The van der Waals surface area contributed by atoms with Gasteiger partial charge in [0.05, 0.1) is 22.6 Å². The summed E-state index contributed by atoms with van der Waals surface area (Å²) in [4.78, 5) is 21.8. The Kier molecular flexibility index (Phi) is 5.13. The van der Waals surface area contributed by atoms with Crippen LogP contribution in [0.2, 0.25) is 5.02 Å². The predicted molar refractivity (Wildman–Crippen MR) is 80.2 cm³/mol. The van der Waals surface area contributed by atoms with Crippen molar-refractivity contribution >= 4 is 23.3 Å². The Hall–Kier alpha value is -2.67. The first-order valence-electron chi connectivity index (χ1n) is 6.36. The third kappa shape index (κ3) is 3.95. The number of carbonyl (C=O) groups is 1. The summed E-state index contributed by atoms with van der Waals surface area (Å²) in [5.41, 5.74) is 0.122. The topological polar surface area (TPSA) is 78.7 Å². The van der Waals surface area contributed by atoms with Crippen LogP contribution in [0.5, 0.6) is 5.75 Å². The lowest BCUT2D eigenvalue weighted by Gasteiger charge is -2.09. The summed E-state index contributed by atoms with van der Waals surface area (Å²) in [6.07, 6.45) is 0. The summed E-state index contributed by atoms with van der Waals surface area (Å²) < 4.78 is 22.9. The first-order valence-corrected chi connectivity index (χ1v) is 6.73. The SMILES string of the molecule is COC(=O)c1ccc(OCc2ccc(F)cc2Cl)c([N+](=O)[O-])c1. The molecule has 0 atom stereocenters. The summed E-state index contributed by atoms with van der Waals surface area (Å²) in [6.45, 7) is -0.0858. The van der Waals surface area contributed by atoms with Crippen molar-refractivity contribution in [1.82, 2.24) is 0 Å². The standard InChI is InChI=1S/C15H11ClFNO5/c1-22-15(19)9-3-5-14(13(6-9)18(20)21)23-8-10-2-4-11(17)7-12(10)16/h2-7H,8H2,1H3. The zero-order chi connectivity index (χ0) is 17.0. The maximum Gasteiger partial charge on any atom is 0.338 e. The number of hydrogen-bond donors (Lipinski definition) is 0. The summed E-state index contributed by atoms with van der Waals surface area (Å²) in [7, 11) is 1.18. The Morgan fingerprint density at radius 1 is 1.30 bits per heavy atom. The van der Waals surface area contributed by atoms with Crippen molar-refractivity contribution in [2.24, 2.45) is 0 Å². The third-order valence-electron chi connectivity index (χ3n) is 2.98. The molecule has 2 aromatic carbocycles. The fourth-order valence-electron chi connectivity index (χ4n) is 1.82. The minimum Gasteiger partial charge on any atom is -0.482 e. The van der Waals surface area contributed by atoms with Crippen molar-refractivity contribution in [3.63, 3.8) is 0 Å². The van der Waals surface area contributed by atoms with Crippen LogP contribution >= 0.6 is 11.6 Å². The van der Waals surface area contributed by atoms with Crippen molar-refractivity contribution in [3.8, 4) is 5.75 Å². The van der Waals surface area contributed by atoms with E-state index < -0.39 is 16.7 Å². The van der Waals surface area contributed by atoms with Crippen LogP contribution in [0.1, 0.15) is 15.9 Å². The van der Waals surface area contributed by atoms with E-state index in [4.69, 9.17) is 16.3 Å². The molecule has 0 fully saturated rings. The van der Waals surface area contributed by atoms with E-state index in [1.165, 1.54) is 31.4 Å². The molecule has 0 amide bonds. The van der Waals surface area contributed by atoms with Gasteiger partial charge >= 0.3 is 11.7 Å². The lowest BCUT2D eigenvalue weighted by molar-refractivity contribution is -0.386. The van der Waals surface area contributed by atoms with Gasteiger partial charge in [0.1, 0.15) is 12.4 Å². The van der Waals surface area contributed by atoms with Gasteiger partial charge in [-0.25, -0.2) is 9.18 Å². The molecule has 2 aromatic rings. The van der Waals surface area contributed by atoms with E-state index in [0.29, 0.717) is 5.56 Å². The molecule has 0 bridgehead atoms. The quantitative estimate of drug-likeness (QED) is 0.471. The minimum absolute atomic E-state index is 0.0337. The van der Waals surface area contributed by atoms with Gasteiger partial charge in [0.15, 0.2) is 5.75 Å². The Balaban J connectivity index is 2.25. The minimum atomic E-state index is -0.693. The highest BCUT2D eigenvalue weighted by molar-refractivity contribution is 6.31. The second-order valence-electron chi connectivity index (χ2n) is 4.46. The number of benzene rings is 2. The smallest absolute Gasteiger partial charge is 0.338 e. The number of methoxy groups -OCH3 is 1. The number of halogens is 2. The molecule has 0 aliphatic rings. The van der Waals surface area contributed by atoms with Gasteiger partial charge in [-0.3, -0.25) is 10.1 Å². The Morgan fingerprint density at radius 3 is 2.65 bits per heavy atom. The number of ether oxygens (including phenoxy) is 2. The van der Waals surface area contributed by atoms with Gasteiger partial charge in [0.25, 0.3) is 0 Å². The zero-order valence-electron chi connectivity index (χ0n) is 11.9. The van der Waals surface area contributed by atoms with Crippen LogP contribution in [0.3, 0.4) is 0 Å². The van der Waals surface area contributed by atoms with Crippen LogP contribution in [-0.2, 0) is 11.3 Å². The molecule has 0 aromatic heterocycles. The van der Waals surface area contributed by atoms with E-state index in [9.17, 15) is 19.3 Å². The lowest BCUT2D eigenvalue weighted by Crippen LogP contribution is -2.04. The molecule has 0 heterocycles. The van der Waals surface area contributed by atoms with Crippen LogP contribution in [0.15, 0.2) is 36.4 Å². The summed E-state index contributed by atoms with van der Waals surface area (Å²) >= 11 is 5.87. The molecular weight excluding hydrogens is 329 g/mol. The maximum absolute atomic E-state index is 13.0. The van der Waals surface area contributed by atoms with E-state index in [2.05, 4.69) is 4.74 Å². The van der Waals surface area contributed by atoms with Gasteiger partial charge in [-0.1, -0.05) is 17.7 Å². The highest BCUT2D eigenvalue weighted by atomic mass is 35.5. The van der Waals surface area contributed by atoms with E-state index in [1.807, 2.05) is 0 Å². The molecule has 8 heteroatoms. The number of carbonyl (C=O) groups excluding carboxylic acids is 1. The van der Waals surface area contributed by atoms with Crippen LogP contribution in [0.25, 0.3) is 0 Å². The zero-order valence-corrected chi connectivity index (χ0v) is 12.7. The van der Waals surface area contributed by atoms with Gasteiger partial charge in [0.2, 0.25) is 0 Å². The van der Waals surface area contributed by atoms with Gasteiger partial charge in [-0.2, -0.15) is 0 Å². The monoisotopic (exact) mass is 339 g/mol. The van der Waals surface area contributed by atoms with Crippen LogP contribution < -0.4 is 4.74 Å². The molecule has 0 aliphatic heterocycles. The number of nitrogens with zero attached hydrogens (tertiary/aromatic N) is 1. The molecule has 0 saturated heterocycles. The van der Waals surface area contributed by atoms with E-state index >= 15 is 0 Å². The Morgan fingerprint density at radius 2 is 2.04 bits per heavy atom. The molecule has 0 spiro atoms. The normalized spacial score (nSPS) is 10.2. The van der Waals surface area contributed by atoms with E-state index in [1.54, 1.807) is 0 Å². The molecule has 0 aliphatic carbocycles. The molecule has 0 unspecified atom stereocenters. The summed E-state index contributed by atoms with van der Waals surface area (Å²) in [6, 6.07) is 7.45. The van der Waals surface area contributed by atoms with Crippen LogP contribution in [-0.4, -0.2) is 18.0 Å². The van der Waals surface area contributed by atoms with Crippen molar-refractivity contribution in [3.05, 3.63) is 68.5 Å². The first-order chi connectivity index (χ1) is 10.9. The average molecular weight is 340 g/mol. The van der Waals surface area contributed by atoms with Gasteiger partial charge < -0.3 is 9.47 Å². The van der Waals surface area contributed by atoms with Gasteiger partial charge in [-0.15, -0.1) is 0 Å². The first kappa shape index (κ1) is 16.7. The molecule has 0 N–H and O–H groups in total. The molecule has 0 radical (unpaired) electrons. The predicted octanol–water partition coefficient (Wildman–Crippen LogP) is 3.75. The van der Waals surface area contributed by atoms with Crippen molar-refractivity contribution < 1.29 is 23.6 Å². The second kappa shape index (κ2) is 7.06. The Bertz CT molecular complexity index is 766. The molecule has 23 heavy (non-hydrogen) atoms. The van der Waals surface area contributed by atoms with Crippen molar-refractivity contribution in [2.45, 2.75) is 6.61 Å². The Labute approximate surface area is 135 Å². The maximum atomic E-state index is 13.0. The highest BCUT2D eigenvalue weighted by Gasteiger charge is 2.19. The molecular formula is C15H11ClFNO5. The number of rotatable bonds is 5. The average Bonchev–Trinajstić information content (AvgIpc) is 2.53. The van der Waals surface area contributed by atoms with E-state index in [0.717, 1.165) is 12.1 Å². The molecule has 120 valence electrons. The van der Waals surface area contributed by atoms with Crippen molar-refractivity contribution in [1.29, 1.82) is 0 Å². The third-order valence-corrected chi connectivity index (χ3v) is 3.33. The second-order valence-corrected chi connectivity index (χ2v) is 4.86. The largest absolute Gasteiger partial charge is 0.482 e. The number of nitro groups is 1. The molecule has 0 saturated carbocycles. The highest BCUT2D eigenvalue weighted by Crippen LogP contribution is 2.30. The summed E-state index contributed by atoms with van der Waals surface area (Å²) in [5.74, 6) is -1.23.